The molecule has 2 heterocycles. The summed E-state index contributed by atoms with van der Waals surface area (Å²) in [6.45, 7) is 12.0. The highest BCUT2D eigenvalue weighted by Crippen LogP contribution is 2.43. The maximum atomic E-state index is 14.0. The number of fused-ring (bicyclic) bond motifs is 1. The van der Waals surface area contributed by atoms with Crippen LogP contribution in [0.5, 0.6) is 0 Å². The molecule has 4 aromatic rings. The van der Waals surface area contributed by atoms with Gasteiger partial charge in [0, 0.05) is 28.9 Å². The first kappa shape index (κ1) is 34.3. The third-order valence-electron chi connectivity index (χ3n) is 8.80. The van der Waals surface area contributed by atoms with Crippen LogP contribution in [0.15, 0.2) is 54.9 Å². The average Bonchev–Trinajstić information content (AvgIpc) is 3.34. The van der Waals surface area contributed by atoms with Crippen LogP contribution in [0.1, 0.15) is 73.1 Å². The highest BCUT2D eigenvalue weighted by atomic mass is 28.4. The summed E-state index contributed by atoms with van der Waals surface area (Å²) in [6, 6.07) is 10.5. The van der Waals surface area contributed by atoms with Crippen LogP contribution in [0, 0.1) is 11.3 Å². The molecule has 0 saturated heterocycles. The standard InChI is InChI=1S/C33H37F3N6O3Si/c1-31(2,13-14-32(3,4)46(5,6)45)42-19-25(24-18-39-30(38)41-29(24)42)28(44)21-9-10-22(17-37)26(16-21)40-27(43)15-20-7-11-23(12-8-20)33(34,35)36/h7-12,16,18-19,45H,13-15H2,1-6H3,(H,40,43)(H2,38,39,41). The van der Waals surface area contributed by atoms with E-state index < -0.39 is 37.3 Å². The molecule has 13 heteroatoms. The normalized spacial score (nSPS) is 12.6. The van der Waals surface area contributed by atoms with Crippen LogP contribution in [0.4, 0.5) is 24.8 Å². The van der Waals surface area contributed by atoms with Gasteiger partial charge in [-0.25, -0.2) is 4.98 Å². The third kappa shape index (κ3) is 7.29. The SMILES string of the molecule is CC(C)(CCC(C)(C)[Si](C)(C)O)n1cc(C(=O)c2ccc(C#N)c(NC(=O)Cc3ccc(C(F)(F)F)cc3)c2)c2cnc(N)nc21. The number of aromatic nitrogens is 3. The molecule has 9 nitrogen and oxygen atoms in total. The quantitative estimate of drug-likeness (QED) is 0.126. The number of ketones is 1. The molecule has 2 aromatic carbocycles. The van der Waals surface area contributed by atoms with E-state index in [2.05, 4.69) is 29.1 Å². The van der Waals surface area contributed by atoms with Gasteiger partial charge in [-0.15, -0.1) is 0 Å². The summed E-state index contributed by atoms with van der Waals surface area (Å²) < 4.78 is 40.6. The van der Waals surface area contributed by atoms with E-state index in [1.807, 2.05) is 37.6 Å². The Balaban J connectivity index is 1.64. The van der Waals surface area contributed by atoms with Gasteiger partial charge in [-0.3, -0.25) is 9.59 Å². The Morgan fingerprint density at radius 1 is 1.07 bits per heavy atom. The molecule has 0 aliphatic rings. The number of halogens is 3. The Kier molecular flexibility index (Phi) is 9.21. The van der Waals surface area contributed by atoms with Gasteiger partial charge in [0.1, 0.15) is 11.7 Å². The lowest BCUT2D eigenvalue weighted by atomic mass is 9.93. The van der Waals surface area contributed by atoms with Crippen LogP contribution in [0.25, 0.3) is 11.0 Å². The van der Waals surface area contributed by atoms with Gasteiger partial charge in [-0.2, -0.15) is 23.4 Å². The number of anilines is 2. The number of hydrogen-bond acceptors (Lipinski definition) is 7. The monoisotopic (exact) mass is 650 g/mol. The smallest absolute Gasteiger partial charge is 0.416 e. The van der Waals surface area contributed by atoms with Crippen molar-refractivity contribution in [3.8, 4) is 6.07 Å². The second-order valence-corrected chi connectivity index (χ2v) is 17.7. The first-order chi connectivity index (χ1) is 21.2. The molecule has 0 unspecified atom stereocenters. The largest absolute Gasteiger partial charge is 0.432 e. The number of nitrogens with two attached hydrogens (primary N) is 1. The summed E-state index contributed by atoms with van der Waals surface area (Å²) in [5.41, 5.74) is 6.08. The summed E-state index contributed by atoms with van der Waals surface area (Å²) in [5, 5.41) is 12.5. The Bertz CT molecular complexity index is 1830. The predicted molar refractivity (Wildman–Crippen MR) is 173 cm³/mol. The summed E-state index contributed by atoms with van der Waals surface area (Å²) >= 11 is 0. The van der Waals surface area contributed by atoms with Crippen LogP contribution in [-0.4, -0.2) is 39.3 Å². The van der Waals surface area contributed by atoms with E-state index in [4.69, 9.17) is 5.73 Å². The van der Waals surface area contributed by atoms with Crippen molar-refractivity contribution in [2.75, 3.05) is 11.1 Å². The molecule has 0 fully saturated rings. The fourth-order valence-electron chi connectivity index (χ4n) is 4.94. The molecule has 242 valence electrons. The van der Waals surface area contributed by atoms with E-state index in [-0.39, 0.29) is 34.2 Å². The number of nitriles is 1. The van der Waals surface area contributed by atoms with Gasteiger partial charge in [-0.05, 0) is 80.7 Å². The molecule has 0 saturated carbocycles. The van der Waals surface area contributed by atoms with Gasteiger partial charge in [-0.1, -0.05) is 26.0 Å². The lowest BCUT2D eigenvalue weighted by Crippen LogP contribution is -2.40. The topological polar surface area (TPSA) is 147 Å². The van der Waals surface area contributed by atoms with E-state index in [0.29, 0.717) is 28.6 Å². The number of amides is 1. The van der Waals surface area contributed by atoms with Gasteiger partial charge in [0.05, 0.1) is 28.8 Å². The molecule has 2 aromatic heterocycles. The molecular weight excluding hydrogens is 613 g/mol. The summed E-state index contributed by atoms with van der Waals surface area (Å²) in [7, 11) is -2.46. The summed E-state index contributed by atoms with van der Waals surface area (Å²) in [6.07, 6.45) is -0.145. The Labute approximate surface area is 266 Å². The number of carbonyl (C=O) groups is 2. The Morgan fingerprint density at radius 2 is 1.72 bits per heavy atom. The minimum atomic E-state index is -4.49. The second kappa shape index (κ2) is 12.3. The summed E-state index contributed by atoms with van der Waals surface area (Å²) in [5.74, 6) is -0.928. The van der Waals surface area contributed by atoms with Gasteiger partial charge in [0.15, 0.2) is 14.1 Å². The molecule has 0 spiro atoms. The van der Waals surface area contributed by atoms with E-state index >= 15 is 0 Å². The van der Waals surface area contributed by atoms with Crippen molar-refractivity contribution in [3.05, 3.63) is 82.7 Å². The lowest BCUT2D eigenvalue weighted by Gasteiger charge is -2.38. The van der Waals surface area contributed by atoms with Gasteiger partial charge < -0.3 is 20.4 Å². The number of nitrogen functional groups attached to an aromatic ring is 1. The molecule has 0 aliphatic carbocycles. The van der Waals surface area contributed by atoms with Crippen molar-refractivity contribution in [1.82, 2.24) is 14.5 Å². The molecule has 0 atom stereocenters. The molecule has 0 bridgehead atoms. The van der Waals surface area contributed by atoms with Gasteiger partial charge in [0.25, 0.3) is 0 Å². The number of alkyl halides is 3. The highest BCUT2D eigenvalue weighted by molar-refractivity contribution is 6.72. The maximum Gasteiger partial charge on any atom is 0.416 e. The second-order valence-electron chi connectivity index (χ2n) is 13.3. The average molecular weight is 651 g/mol. The van der Waals surface area contributed by atoms with Crippen LogP contribution in [0.2, 0.25) is 18.1 Å². The van der Waals surface area contributed by atoms with Crippen molar-refractivity contribution in [2.45, 2.75) is 76.8 Å². The number of hydrogen-bond donors (Lipinski definition) is 3. The van der Waals surface area contributed by atoms with Crippen LogP contribution in [-0.2, 0) is 22.9 Å². The van der Waals surface area contributed by atoms with Crippen molar-refractivity contribution < 1.29 is 27.6 Å². The number of nitrogens with one attached hydrogen (secondary N) is 1. The maximum absolute atomic E-state index is 14.0. The fraction of sp³-hybridized carbons (Fsp3) is 0.364. The van der Waals surface area contributed by atoms with Crippen LogP contribution < -0.4 is 11.1 Å². The molecule has 4 N–H and O–H groups in total. The van der Waals surface area contributed by atoms with Crippen LogP contribution >= 0.6 is 0 Å². The van der Waals surface area contributed by atoms with Crippen molar-refractivity contribution in [2.24, 2.45) is 0 Å². The zero-order valence-corrected chi connectivity index (χ0v) is 27.6. The number of carbonyl (C=O) groups excluding carboxylic acids is 2. The minimum absolute atomic E-state index is 0.0438. The Morgan fingerprint density at radius 3 is 2.30 bits per heavy atom. The van der Waals surface area contributed by atoms with E-state index in [1.165, 1.54) is 36.5 Å². The van der Waals surface area contributed by atoms with Crippen molar-refractivity contribution in [1.29, 1.82) is 5.26 Å². The fourth-order valence-corrected chi connectivity index (χ4v) is 5.68. The predicted octanol–water partition coefficient (Wildman–Crippen LogP) is 6.81. The zero-order valence-electron chi connectivity index (χ0n) is 26.6. The summed E-state index contributed by atoms with van der Waals surface area (Å²) in [4.78, 5) is 46.2. The van der Waals surface area contributed by atoms with E-state index in [1.54, 1.807) is 6.20 Å². The third-order valence-corrected chi connectivity index (χ3v) is 12.4. The van der Waals surface area contributed by atoms with Gasteiger partial charge >= 0.3 is 6.18 Å². The molecule has 0 aliphatic heterocycles. The number of benzene rings is 2. The minimum Gasteiger partial charge on any atom is -0.432 e. The highest BCUT2D eigenvalue weighted by Gasteiger charge is 2.39. The van der Waals surface area contributed by atoms with Crippen molar-refractivity contribution in [3.63, 3.8) is 0 Å². The number of rotatable bonds is 10. The van der Waals surface area contributed by atoms with E-state index in [9.17, 15) is 32.8 Å². The molecule has 4 rings (SSSR count). The molecule has 46 heavy (non-hydrogen) atoms. The van der Waals surface area contributed by atoms with Crippen molar-refractivity contribution >= 4 is 42.7 Å². The van der Waals surface area contributed by atoms with Crippen LogP contribution in [0.3, 0.4) is 0 Å². The lowest BCUT2D eigenvalue weighted by molar-refractivity contribution is -0.137. The Hall–Kier alpha value is -4.54. The van der Waals surface area contributed by atoms with Gasteiger partial charge in [0.2, 0.25) is 11.9 Å². The molecule has 1 amide bonds. The molecule has 0 radical (unpaired) electrons. The van der Waals surface area contributed by atoms with E-state index in [0.717, 1.165) is 18.6 Å². The number of nitrogens with zero attached hydrogens (tertiary/aromatic N) is 4. The first-order valence-electron chi connectivity index (χ1n) is 14.6. The molecular formula is C33H37F3N6O3Si. The first-order valence-corrected chi connectivity index (χ1v) is 17.6. The zero-order chi connectivity index (χ0) is 34.2.